The zero-order valence-corrected chi connectivity index (χ0v) is 12.3. The monoisotopic (exact) mass is 289 g/mol. The number of hydrogen-bond donors (Lipinski definition) is 2. The van der Waals surface area contributed by atoms with Crippen LogP contribution in [0.3, 0.4) is 0 Å². The summed E-state index contributed by atoms with van der Waals surface area (Å²) in [5.74, 6) is 1.57. The van der Waals surface area contributed by atoms with E-state index in [1.54, 1.807) is 6.07 Å². The summed E-state index contributed by atoms with van der Waals surface area (Å²) in [7, 11) is 0. The minimum atomic E-state index is 0.0810. The molecule has 21 heavy (non-hydrogen) atoms. The van der Waals surface area contributed by atoms with Crippen LogP contribution in [0.15, 0.2) is 12.1 Å². The Bertz CT molecular complexity index is 527. The van der Waals surface area contributed by atoms with E-state index in [1.165, 1.54) is 0 Å². The number of nitrogens with zero attached hydrogens (tertiary/aromatic N) is 3. The van der Waals surface area contributed by atoms with E-state index in [1.807, 2.05) is 11.0 Å². The molecule has 1 atom stereocenters. The topological polar surface area (TPSA) is 88.5 Å². The Labute approximate surface area is 125 Å². The van der Waals surface area contributed by atoms with Gasteiger partial charge < -0.3 is 21.3 Å². The fourth-order valence-corrected chi connectivity index (χ4v) is 3.23. The highest BCUT2D eigenvalue weighted by atomic mass is 16.2. The van der Waals surface area contributed by atoms with Gasteiger partial charge in [-0.05, 0) is 37.8 Å². The molecule has 114 valence electrons. The largest absolute Gasteiger partial charge is 0.396 e. The van der Waals surface area contributed by atoms with Crippen LogP contribution in [0.1, 0.15) is 25.7 Å². The summed E-state index contributed by atoms with van der Waals surface area (Å²) >= 11 is 0. The lowest BCUT2D eigenvalue weighted by atomic mass is 9.96. The van der Waals surface area contributed by atoms with E-state index in [0.29, 0.717) is 17.4 Å². The van der Waals surface area contributed by atoms with Gasteiger partial charge in [0, 0.05) is 26.2 Å². The third-order valence-electron chi connectivity index (χ3n) is 4.46. The van der Waals surface area contributed by atoms with Crippen LogP contribution in [-0.2, 0) is 4.79 Å². The van der Waals surface area contributed by atoms with Crippen molar-refractivity contribution in [2.45, 2.75) is 25.7 Å². The second-order valence-corrected chi connectivity index (χ2v) is 5.96. The van der Waals surface area contributed by atoms with Crippen LogP contribution in [0.5, 0.6) is 0 Å². The predicted octanol–water partition coefficient (Wildman–Crippen LogP) is 1.08. The summed E-state index contributed by atoms with van der Waals surface area (Å²) in [5, 5.41) is 0. The fourth-order valence-electron chi connectivity index (χ4n) is 3.23. The van der Waals surface area contributed by atoms with Crippen LogP contribution in [0.25, 0.3) is 0 Å². The smallest absolute Gasteiger partial charge is 0.227 e. The molecule has 1 aromatic rings. The molecule has 1 unspecified atom stereocenters. The Morgan fingerprint density at radius 2 is 1.90 bits per heavy atom. The SMILES string of the molecule is Nc1ccc(N2CCCC(C(=O)N3CCCC3)C2)nc1N. The summed E-state index contributed by atoms with van der Waals surface area (Å²) in [6.45, 7) is 3.48. The zero-order valence-electron chi connectivity index (χ0n) is 12.3. The first-order chi connectivity index (χ1) is 10.1. The number of rotatable bonds is 2. The molecule has 2 aliphatic heterocycles. The summed E-state index contributed by atoms with van der Waals surface area (Å²) in [6.07, 6.45) is 4.25. The van der Waals surface area contributed by atoms with Gasteiger partial charge in [-0.15, -0.1) is 0 Å². The maximum absolute atomic E-state index is 12.5. The summed E-state index contributed by atoms with van der Waals surface area (Å²) in [4.78, 5) is 21.0. The van der Waals surface area contributed by atoms with E-state index in [4.69, 9.17) is 11.5 Å². The van der Waals surface area contributed by atoms with Crippen LogP contribution in [0, 0.1) is 5.92 Å². The van der Waals surface area contributed by atoms with E-state index >= 15 is 0 Å². The normalized spacial score (nSPS) is 22.6. The van der Waals surface area contributed by atoms with Gasteiger partial charge >= 0.3 is 0 Å². The molecule has 0 bridgehead atoms. The maximum Gasteiger partial charge on any atom is 0.227 e. The molecule has 1 amide bonds. The Morgan fingerprint density at radius 1 is 1.14 bits per heavy atom. The molecule has 3 rings (SSSR count). The number of pyridine rings is 1. The average Bonchev–Trinajstić information content (AvgIpc) is 3.04. The molecule has 2 fully saturated rings. The van der Waals surface area contributed by atoms with E-state index in [-0.39, 0.29) is 5.92 Å². The number of amides is 1. The van der Waals surface area contributed by atoms with Crippen molar-refractivity contribution in [1.29, 1.82) is 0 Å². The summed E-state index contributed by atoms with van der Waals surface area (Å²) in [5.41, 5.74) is 12.0. The highest BCUT2D eigenvalue weighted by molar-refractivity contribution is 5.80. The number of carbonyl (C=O) groups is 1. The molecule has 2 aliphatic rings. The first kappa shape index (κ1) is 14.0. The Hall–Kier alpha value is -1.98. The molecule has 6 heteroatoms. The number of anilines is 3. The molecule has 0 spiro atoms. The maximum atomic E-state index is 12.5. The number of likely N-dealkylation sites (tertiary alicyclic amines) is 1. The number of carbonyl (C=O) groups excluding carboxylic acids is 1. The first-order valence-electron chi connectivity index (χ1n) is 7.71. The molecular weight excluding hydrogens is 266 g/mol. The molecule has 0 saturated carbocycles. The predicted molar refractivity (Wildman–Crippen MR) is 83.8 cm³/mol. The molecule has 4 N–H and O–H groups in total. The number of aromatic nitrogens is 1. The molecule has 0 aromatic carbocycles. The van der Waals surface area contributed by atoms with Gasteiger partial charge in [-0.25, -0.2) is 4.98 Å². The third kappa shape index (κ3) is 2.89. The number of nitrogen functional groups attached to an aromatic ring is 2. The number of nitrogens with two attached hydrogens (primary N) is 2. The summed E-state index contributed by atoms with van der Waals surface area (Å²) in [6, 6.07) is 3.66. The van der Waals surface area contributed by atoms with E-state index in [9.17, 15) is 4.79 Å². The van der Waals surface area contributed by atoms with E-state index < -0.39 is 0 Å². The van der Waals surface area contributed by atoms with Gasteiger partial charge in [-0.3, -0.25) is 4.79 Å². The molecule has 3 heterocycles. The lowest BCUT2D eigenvalue weighted by Crippen LogP contribution is -2.44. The van der Waals surface area contributed by atoms with Crippen molar-refractivity contribution in [3.63, 3.8) is 0 Å². The van der Waals surface area contributed by atoms with Crippen LogP contribution in [0.4, 0.5) is 17.3 Å². The Kier molecular flexibility index (Phi) is 3.86. The van der Waals surface area contributed by atoms with E-state index in [2.05, 4.69) is 9.88 Å². The highest BCUT2D eigenvalue weighted by Crippen LogP contribution is 2.26. The van der Waals surface area contributed by atoms with Gasteiger partial charge in [0.2, 0.25) is 5.91 Å². The first-order valence-corrected chi connectivity index (χ1v) is 7.71. The van der Waals surface area contributed by atoms with Crippen LogP contribution < -0.4 is 16.4 Å². The van der Waals surface area contributed by atoms with Crippen molar-refractivity contribution in [2.75, 3.05) is 42.5 Å². The third-order valence-corrected chi connectivity index (χ3v) is 4.46. The molecule has 6 nitrogen and oxygen atoms in total. The molecule has 0 radical (unpaired) electrons. The van der Waals surface area contributed by atoms with Crippen molar-refractivity contribution < 1.29 is 4.79 Å². The van der Waals surface area contributed by atoms with Crippen LogP contribution in [-0.4, -0.2) is 42.0 Å². The van der Waals surface area contributed by atoms with Crippen molar-refractivity contribution in [2.24, 2.45) is 5.92 Å². The van der Waals surface area contributed by atoms with Gasteiger partial charge in [0.25, 0.3) is 0 Å². The van der Waals surface area contributed by atoms with Gasteiger partial charge in [0.15, 0.2) is 0 Å². The highest BCUT2D eigenvalue weighted by Gasteiger charge is 2.30. The van der Waals surface area contributed by atoms with Crippen molar-refractivity contribution >= 4 is 23.2 Å². The molecule has 1 aromatic heterocycles. The summed E-state index contributed by atoms with van der Waals surface area (Å²) < 4.78 is 0. The lowest BCUT2D eigenvalue weighted by Gasteiger charge is -2.34. The van der Waals surface area contributed by atoms with Gasteiger partial charge in [0.1, 0.15) is 11.6 Å². The van der Waals surface area contributed by atoms with Gasteiger partial charge in [-0.1, -0.05) is 0 Å². The fraction of sp³-hybridized carbons (Fsp3) is 0.600. The number of hydrogen-bond acceptors (Lipinski definition) is 5. The average molecular weight is 289 g/mol. The second-order valence-electron chi connectivity index (χ2n) is 5.96. The second kappa shape index (κ2) is 5.79. The zero-order chi connectivity index (χ0) is 14.8. The minimum Gasteiger partial charge on any atom is -0.396 e. The van der Waals surface area contributed by atoms with Crippen LogP contribution >= 0.6 is 0 Å². The van der Waals surface area contributed by atoms with Crippen molar-refractivity contribution in [3.05, 3.63) is 12.1 Å². The molecule has 0 aliphatic carbocycles. The quantitative estimate of drug-likeness (QED) is 0.850. The lowest BCUT2D eigenvalue weighted by molar-refractivity contribution is -0.134. The standard InChI is InChI=1S/C15H23N5O/c16-12-5-6-13(18-14(12)17)20-9-3-4-11(10-20)15(21)19-7-1-2-8-19/h5-6,11H,1-4,7-10,16H2,(H2,17,18). The molecular formula is C15H23N5O. The van der Waals surface area contributed by atoms with Crippen molar-refractivity contribution in [1.82, 2.24) is 9.88 Å². The van der Waals surface area contributed by atoms with Crippen LogP contribution in [0.2, 0.25) is 0 Å². The Morgan fingerprint density at radius 3 is 2.62 bits per heavy atom. The van der Waals surface area contributed by atoms with Crippen molar-refractivity contribution in [3.8, 4) is 0 Å². The van der Waals surface area contributed by atoms with E-state index in [0.717, 1.165) is 57.7 Å². The number of piperidine rings is 1. The minimum absolute atomic E-state index is 0.0810. The van der Waals surface area contributed by atoms with Gasteiger partial charge in [0.05, 0.1) is 11.6 Å². The van der Waals surface area contributed by atoms with Gasteiger partial charge in [-0.2, -0.15) is 0 Å². The molecule has 2 saturated heterocycles. The Balaban J connectivity index is 1.70.